The first-order chi connectivity index (χ1) is 9.91. The molecule has 6 heteroatoms. The second-order valence-corrected chi connectivity index (χ2v) is 5.88. The summed E-state index contributed by atoms with van der Waals surface area (Å²) in [6.07, 6.45) is 3.80. The molecular weight excluding hydrogens is 272 g/mol. The van der Waals surface area contributed by atoms with Crippen molar-refractivity contribution in [1.82, 2.24) is 0 Å². The molecule has 0 radical (unpaired) electrons. The number of para-hydroxylation sites is 1. The Morgan fingerprint density at radius 1 is 1.33 bits per heavy atom. The van der Waals surface area contributed by atoms with Gasteiger partial charge in [-0.3, -0.25) is 10.1 Å². The maximum atomic E-state index is 11.3. The first-order valence-corrected chi connectivity index (χ1v) is 7.27. The van der Waals surface area contributed by atoms with Crippen LogP contribution in [0.3, 0.4) is 0 Å². The van der Waals surface area contributed by atoms with E-state index in [0.29, 0.717) is 6.61 Å². The van der Waals surface area contributed by atoms with Gasteiger partial charge in [-0.2, -0.15) is 0 Å². The van der Waals surface area contributed by atoms with Crippen molar-refractivity contribution in [1.29, 1.82) is 0 Å². The van der Waals surface area contributed by atoms with E-state index in [1.165, 1.54) is 0 Å². The van der Waals surface area contributed by atoms with E-state index < -0.39 is 4.92 Å². The molecule has 0 saturated heterocycles. The van der Waals surface area contributed by atoms with Gasteiger partial charge in [0.25, 0.3) is 0 Å². The highest BCUT2D eigenvalue weighted by atomic mass is 16.6. The quantitative estimate of drug-likeness (QED) is 0.643. The number of benzene rings is 1. The number of nitro groups is 1. The molecular formula is C15H22N2O4. The fraction of sp³-hybridized carbons (Fsp3) is 0.600. The van der Waals surface area contributed by atoms with Crippen molar-refractivity contribution in [2.75, 3.05) is 6.61 Å². The molecule has 0 amide bonds. The summed E-state index contributed by atoms with van der Waals surface area (Å²) in [5.74, 6) is 0.444. The van der Waals surface area contributed by atoms with Gasteiger partial charge >= 0.3 is 5.69 Å². The fourth-order valence-electron chi connectivity index (χ4n) is 2.59. The van der Waals surface area contributed by atoms with Gasteiger partial charge in [-0.1, -0.05) is 18.9 Å². The Hall–Kier alpha value is -1.82. The van der Waals surface area contributed by atoms with Crippen LogP contribution in [-0.2, 0) is 0 Å². The third-order valence-electron chi connectivity index (χ3n) is 3.62. The number of nitro benzene ring substituents is 1. The third-order valence-corrected chi connectivity index (χ3v) is 3.62. The number of nitrogens with two attached hydrogens (primary N) is 1. The average molecular weight is 294 g/mol. The van der Waals surface area contributed by atoms with Crippen molar-refractivity contribution in [3.8, 4) is 11.5 Å². The molecule has 0 heterocycles. The Morgan fingerprint density at radius 3 is 2.52 bits per heavy atom. The SMILES string of the molecule is CC(C)Oc1cccc(OCC2(N)CCCC2)c1[N+](=O)[O-]. The summed E-state index contributed by atoms with van der Waals surface area (Å²) in [5.41, 5.74) is 5.72. The molecule has 0 aliphatic heterocycles. The predicted octanol–water partition coefficient (Wildman–Crippen LogP) is 3.03. The lowest BCUT2D eigenvalue weighted by atomic mass is 10.0. The lowest BCUT2D eigenvalue weighted by molar-refractivity contribution is -0.387. The van der Waals surface area contributed by atoms with E-state index in [4.69, 9.17) is 15.2 Å². The van der Waals surface area contributed by atoms with Gasteiger partial charge in [0, 0.05) is 0 Å². The Bertz CT molecular complexity index is 510. The summed E-state index contributed by atoms with van der Waals surface area (Å²) < 4.78 is 11.2. The van der Waals surface area contributed by atoms with Crippen LogP contribution in [0, 0.1) is 10.1 Å². The fourth-order valence-corrected chi connectivity index (χ4v) is 2.59. The van der Waals surface area contributed by atoms with Crippen LogP contribution < -0.4 is 15.2 Å². The summed E-state index contributed by atoms with van der Waals surface area (Å²) in [5, 5.41) is 11.3. The van der Waals surface area contributed by atoms with E-state index in [-0.39, 0.29) is 28.8 Å². The van der Waals surface area contributed by atoms with E-state index in [1.54, 1.807) is 18.2 Å². The van der Waals surface area contributed by atoms with Gasteiger partial charge in [0.2, 0.25) is 11.5 Å². The van der Waals surface area contributed by atoms with E-state index in [1.807, 2.05) is 13.8 Å². The van der Waals surface area contributed by atoms with Crippen LogP contribution >= 0.6 is 0 Å². The third kappa shape index (κ3) is 3.85. The van der Waals surface area contributed by atoms with Gasteiger partial charge in [-0.15, -0.1) is 0 Å². The second kappa shape index (κ2) is 6.30. The summed E-state index contributed by atoms with van der Waals surface area (Å²) in [7, 11) is 0. The van der Waals surface area contributed by atoms with Crippen molar-refractivity contribution in [3.05, 3.63) is 28.3 Å². The molecule has 6 nitrogen and oxygen atoms in total. The maximum Gasteiger partial charge on any atom is 0.352 e. The highest BCUT2D eigenvalue weighted by Gasteiger charge is 2.32. The van der Waals surface area contributed by atoms with Crippen molar-refractivity contribution in [2.45, 2.75) is 51.2 Å². The molecule has 1 fully saturated rings. The first-order valence-electron chi connectivity index (χ1n) is 7.27. The van der Waals surface area contributed by atoms with Crippen molar-refractivity contribution < 1.29 is 14.4 Å². The zero-order chi connectivity index (χ0) is 15.5. The summed E-state index contributed by atoms with van der Waals surface area (Å²) >= 11 is 0. The van der Waals surface area contributed by atoms with Crippen LogP contribution in [0.4, 0.5) is 5.69 Å². The van der Waals surface area contributed by atoms with E-state index in [0.717, 1.165) is 25.7 Å². The molecule has 1 aromatic carbocycles. The number of hydrogen-bond acceptors (Lipinski definition) is 5. The smallest absolute Gasteiger partial charge is 0.352 e. The molecule has 0 bridgehead atoms. The molecule has 2 N–H and O–H groups in total. The second-order valence-electron chi connectivity index (χ2n) is 5.88. The highest BCUT2D eigenvalue weighted by molar-refractivity contribution is 5.57. The van der Waals surface area contributed by atoms with Crippen LogP contribution in [0.2, 0.25) is 0 Å². The minimum Gasteiger partial charge on any atom is -0.485 e. The molecule has 116 valence electrons. The molecule has 0 atom stereocenters. The molecule has 0 aromatic heterocycles. The summed E-state index contributed by atoms with van der Waals surface area (Å²) in [6.45, 7) is 3.94. The molecule has 0 spiro atoms. The van der Waals surface area contributed by atoms with Gasteiger partial charge in [0.1, 0.15) is 6.61 Å². The minimum absolute atomic E-state index is 0.132. The molecule has 1 aliphatic carbocycles. The number of nitrogens with zero attached hydrogens (tertiary/aromatic N) is 1. The van der Waals surface area contributed by atoms with Gasteiger partial charge in [0.05, 0.1) is 16.6 Å². The zero-order valence-corrected chi connectivity index (χ0v) is 12.5. The normalized spacial score (nSPS) is 17.0. The van der Waals surface area contributed by atoms with Crippen LogP contribution in [0.1, 0.15) is 39.5 Å². The first kappa shape index (κ1) is 15.6. The Labute approximate surface area is 124 Å². The lowest BCUT2D eigenvalue weighted by Gasteiger charge is -2.23. The molecule has 0 unspecified atom stereocenters. The highest BCUT2D eigenvalue weighted by Crippen LogP contribution is 2.38. The number of hydrogen-bond donors (Lipinski definition) is 1. The van der Waals surface area contributed by atoms with E-state index in [9.17, 15) is 10.1 Å². The van der Waals surface area contributed by atoms with Gasteiger partial charge in [0.15, 0.2) is 0 Å². The van der Waals surface area contributed by atoms with E-state index in [2.05, 4.69) is 0 Å². The standard InChI is InChI=1S/C15H22N2O4/c1-11(2)21-13-7-5-6-12(14(13)17(18)19)20-10-15(16)8-3-4-9-15/h5-7,11H,3-4,8-10,16H2,1-2H3. The summed E-state index contributed by atoms with van der Waals surface area (Å²) in [4.78, 5) is 10.8. The Kier molecular flexibility index (Phi) is 4.67. The Balaban J connectivity index is 2.19. The van der Waals surface area contributed by atoms with Gasteiger partial charge < -0.3 is 15.2 Å². The average Bonchev–Trinajstić information content (AvgIpc) is 2.83. The number of ether oxygens (including phenoxy) is 2. The van der Waals surface area contributed by atoms with Crippen LogP contribution in [0.15, 0.2) is 18.2 Å². The predicted molar refractivity (Wildman–Crippen MR) is 79.7 cm³/mol. The topological polar surface area (TPSA) is 87.6 Å². The molecule has 21 heavy (non-hydrogen) atoms. The van der Waals surface area contributed by atoms with Gasteiger partial charge in [-0.05, 0) is 38.8 Å². The Morgan fingerprint density at radius 2 is 1.95 bits per heavy atom. The monoisotopic (exact) mass is 294 g/mol. The van der Waals surface area contributed by atoms with Crippen LogP contribution in [-0.4, -0.2) is 23.2 Å². The molecule has 2 rings (SSSR count). The minimum atomic E-state index is -0.467. The lowest BCUT2D eigenvalue weighted by Crippen LogP contribution is -2.42. The van der Waals surface area contributed by atoms with Crippen molar-refractivity contribution in [3.63, 3.8) is 0 Å². The molecule has 1 aliphatic rings. The van der Waals surface area contributed by atoms with Crippen LogP contribution in [0.25, 0.3) is 0 Å². The largest absolute Gasteiger partial charge is 0.485 e. The zero-order valence-electron chi connectivity index (χ0n) is 12.5. The van der Waals surface area contributed by atoms with E-state index >= 15 is 0 Å². The van der Waals surface area contributed by atoms with Crippen molar-refractivity contribution >= 4 is 5.69 Å². The molecule has 1 aromatic rings. The van der Waals surface area contributed by atoms with Crippen molar-refractivity contribution in [2.24, 2.45) is 5.73 Å². The van der Waals surface area contributed by atoms with Gasteiger partial charge in [-0.25, -0.2) is 0 Å². The number of rotatable bonds is 6. The van der Waals surface area contributed by atoms with Crippen LogP contribution in [0.5, 0.6) is 11.5 Å². The maximum absolute atomic E-state index is 11.3. The molecule has 1 saturated carbocycles. The summed E-state index contributed by atoms with van der Waals surface area (Å²) in [6, 6.07) is 4.86.